The van der Waals surface area contributed by atoms with Crippen molar-refractivity contribution in [1.29, 1.82) is 0 Å². The van der Waals surface area contributed by atoms with Gasteiger partial charge < -0.3 is 4.42 Å². The van der Waals surface area contributed by atoms with Crippen molar-refractivity contribution in [2.24, 2.45) is 0 Å². The van der Waals surface area contributed by atoms with E-state index in [1.807, 2.05) is 24.3 Å². The van der Waals surface area contributed by atoms with Crippen LogP contribution in [-0.4, -0.2) is 10.8 Å². The third-order valence-electron chi connectivity index (χ3n) is 3.67. The average Bonchev–Trinajstić information content (AvgIpc) is 3.11. The van der Waals surface area contributed by atoms with Gasteiger partial charge in [0.05, 0.1) is 11.3 Å². The molecule has 0 unspecified atom stereocenters. The fourth-order valence-electron chi connectivity index (χ4n) is 2.69. The van der Waals surface area contributed by atoms with Gasteiger partial charge in [-0.05, 0) is 43.0 Å². The summed E-state index contributed by atoms with van der Waals surface area (Å²) in [7, 11) is 0. The van der Waals surface area contributed by atoms with Crippen LogP contribution in [0, 0.1) is 0 Å². The number of Topliss-reactive ketones (excluding diaryl/α,β-unsaturated/α-hetero) is 1. The Morgan fingerprint density at radius 2 is 2.20 bits per heavy atom. The number of oxazole rings is 1. The van der Waals surface area contributed by atoms with Crippen LogP contribution >= 0.6 is 11.3 Å². The topological polar surface area (TPSA) is 43.1 Å². The molecular weight excluding hydrogens is 270 g/mol. The van der Waals surface area contributed by atoms with Gasteiger partial charge in [0, 0.05) is 4.88 Å². The Balaban J connectivity index is 1.59. The lowest BCUT2D eigenvalue weighted by atomic mass is 10.2. The third kappa shape index (κ3) is 1.96. The number of benzene rings is 1. The third-order valence-corrected chi connectivity index (χ3v) is 4.95. The first-order valence-corrected chi connectivity index (χ1v) is 7.60. The number of para-hydroxylation sites is 2. The second-order valence-corrected chi connectivity index (χ2v) is 6.22. The molecule has 3 nitrogen and oxygen atoms in total. The normalized spacial score (nSPS) is 13.8. The zero-order valence-corrected chi connectivity index (χ0v) is 11.7. The number of nitrogens with zero attached hydrogens (tertiary/aromatic N) is 1. The molecule has 20 heavy (non-hydrogen) atoms. The van der Waals surface area contributed by atoms with Gasteiger partial charge in [-0.15, -0.1) is 11.3 Å². The van der Waals surface area contributed by atoms with Crippen molar-refractivity contribution < 1.29 is 9.21 Å². The van der Waals surface area contributed by atoms with E-state index < -0.39 is 0 Å². The smallest absolute Gasteiger partial charge is 0.203 e. The van der Waals surface area contributed by atoms with Crippen molar-refractivity contribution in [3.8, 4) is 0 Å². The highest BCUT2D eigenvalue weighted by molar-refractivity contribution is 7.14. The maximum absolute atomic E-state index is 12.3. The van der Waals surface area contributed by atoms with Crippen molar-refractivity contribution in [2.75, 3.05) is 0 Å². The summed E-state index contributed by atoms with van der Waals surface area (Å²) in [6.45, 7) is 0. The van der Waals surface area contributed by atoms with E-state index in [1.165, 1.54) is 16.9 Å². The molecule has 0 amide bonds. The highest BCUT2D eigenvalue weighted by Crippen LogP contribution is 2.31. The Bertz CT molecular complexity index is 745. The van der Waals surface area contributed by atoms with Crippen molar-refractivity contribution in [2.45, 2.75) is 25.7 Å². The molecule has 1 aliphatic carbocycles. The average molecular weight is 283 g/mol. The lowest BCUT2D eigenvalue weighted by molar-refractivity contribution is 0.0990. The minimum absolute atomic E-state index is 0.107. The van der Waals surface area contributed by atoms with Gasteiger partial charge in [-0.2, -0.15) is 0 Å². The second kappa shape index (κ2) is 4.56. The molecule has 1 aromatic carbocycles. The Morgan fingerprint density at radius 1 is 1.30 bits per heavy atom. The monoisotopic (exact) mass is 283 g/mol. The van der Waals surface area contributed by atoms with E-state index in [1.54, 1.807) is 11.3 Å². The molecule has 0 spiro atoms. The number of ketones is 1. The summed E-state index contributed by atoms with van der Waals surface area (Å²) in [5.41, 5.74) is 2.91. The van der Waals surface area contributed by atoms with Gasteiger partial charge in [0.15, 0.2) is 11.4 Å². The van der Waals surface area contributed by atoms with Gasteiger partial charge in [-0.25, -0.2) is 4.98 Å². The molecule has 3 aromatic rings. The number of rotatable bonds is 3. The van der Waals surface area contributed by atoms with Crippen molar-refractivity contribution >= 4 is 28.2 Å². The van der Waals surface area contributed by atoms with Crippen LogP contribution in [0.2, 0.25) is 0 Å². The fraction of sp³-hybridized carbons (Fsp3) is 0.250. The summed E-state index contributed by atoms with van der Waals surface area (Å²) in [4.78, 5) is 18.9. The minimum Gasteiger partial charge on any atom is -0.440 e. The maximum atomic E-state index is 12.3. The van der Waals surface area contributed by atoms with E-state index in [-0.39, 0.29) is 12.2 Å². The Kier molecular flexibility index (Phi) is 2.70. The van der Waals surface area contributed by atoms with Crippen LogP contribution in [0.25, 0.3) is 11.1 Å². The lowest BCUT2D eigenvalue weighted by Gasteiger charge is -1.93. The number of thiophene rings is 1. The molecule has 0 N–H and O–H groups in total. The van der Waals surface area contributed by atoms with Crippen molar-refractivity contribution in [1.82, 2.24) is 4.98 Å². The summed E-state index contributed by atoms with van der Waals surface area (Å²) >= 11 is 1.64. The zero-order chi connectivity index (χ0) is 13.5. The number of hydrogen-bond acceptors (Lipinski definition) is 4. The van der Waals surface area contributed by atoms with Crippen LogP contribution in [0.5, 0.6) is 0 Å². The summed E-state index contributed by atoms with van der Waals surface area (Å²) in [6, 6.07) is 9.64. The van der Waals surface area contributed by atoms with Crippen LogP contribution in [0.15, 0.2) is 34.7 Å². The number of aromatic nitrogens is 1. The predicted octanol–water partition coefficient (Wildman–Crippen LogP) is 3.80. The summed E-state index contributed by atoms with van der Waals surface area (Å²) < 4.78 is 5.61. The molecule has 1 aliphatic rings. The van der Waals surface area contributed by atoms with E-state index in [4.69, 9.17) is 4.42 Å². The van der Waals surface area contributed by atoms with Crippen LogP contribution < -0.4 is 0 Å². The fourth-order valence-corrected chi connectivity index (χ4v) is 3.88. The predicted molar refractivity (Wildman–Crippen MR) is 78.4 cm³/mol. The SMILES string of the molecule is O=C(Cc1nc2ccccc2o1)c1cc2c(s1)CCC2. The summed E-state index contributed by atoms with van der Waals surface area (Å²) in [6.07, 6.45) is 3.70. The highest BCUT2D eigenvalue weighted by Gasteiger charge is 2.20. The van der Waals surface area contributed by atoms with Crippen molar-refractivity contribution in [3.63, 3.8) is 0 Å². The van der Waals surface area contributed by atoms with Gasteiger partial charge in [-0.1, -0.05) is 12.1 Å². The van der Waals surface area contributed by atoms with E-state index in [9.17, 15) is 4.79 Å². The molecule has 100 valence electrons. The molecule has 2 heterocycles. The molecule has 0 radical (unpaired) electrons. The first kappa shape index (κ1) is 11.9. The first-order valence-electron chi connectivity index (χ1n) is 6.79. The van der Waals surface area contributed by atoms with Gasteiger partial charge in [0.1, 0.15) is 5.52 Å². The van der Waals surface area contributed by atoms with E-state index in [2.05, 4.69) is 11.1 Å². The quantitative estimate of drug-likeness (QED) is 0.687. The van der Waals surface area contributed by atoms with Crippen LogP contribution in [-0.2, 0) is 19.3 Å². The van der Waals surface area contributed by atoms with Crippen LogP contribution in [0.1, 0.15) is 32.4 Å². The van der Waals surface area contributed by atoms with E-state index in [0.29, 0.717) is 5.89 Å². The Morgan fingerprint density at radius 3 is 3.05 bits per heavy atom. The molecule has 0 aliphatic heterocycles. The van der Waals surface area contributed by atoms with Crippen LogP contribution in [0.3, 0.4) is 0 Å². The molecule has 4 heteroatoms. The Hall–Kier alpha value is -1.94. The lowest BCUT2D eigenvalue weighted by Crippen LogP contribution is -2.01. The van der Waals surface area contributed by atoms with E-state index >= 15 is 0 Å². The molecule has 4 rings (SSSR count). The number of carbonyl (C=O) groups is 1. The Labute approximate surface area is 120 Å². The van der Waals surface area contributed by atoms with Crippen LogP contribution in [0.4, 0.5) is 0 Å². The number of aryl methyl sites for hydroxylation is 2. The van der Waals surface area contributed by atoms with E-state index in [0.717, 1.165) is 28.8 Å². The molecule has 0 saturated heterocycles. The van der Waals surface area contributed by atoms with Gasteiger partial charge in [0.25, 0.3) is 0 Å². The standard InChI is InChI=1S/C16H13NO2S/c18-12(15-8-10-4-3-7-14(10)20-15)9-16-17-11-5-1-2-6-13(11)19-16/h1-2,5-6,8H,3-4,7,9H2. The van der Waals surface area contributed by atoms with Gasteiger partial charge in [-0.3, -0.25) is 4.79 Å². The number of hydrogen-bond donors (Lipinski definition) is 0. The zero-order valence-electron chi connectivity index (χ0n) is 10.9. The molecular formula is C16H13NO2S. The molecule has 0 bridgehead atoms. The maximum Gasteiger partial charge on any atom is 0.203 e. The first-order chi connectivity index (χ1) is 9.79. The summed E-state index contributed by atoms with van der Waals surface area (Å²) in [5.74, 6) is 0.612. The number of fused-ring (bicyclic) bond motifs is 2. The molecule has 0 atom stereocenters. The van der Waals surface area contributed by atoms with Gasteiger partial charge >= 0.3 is 0 Å². The second-order valence-electron chi connectivity index (χ2n) is 5.09. The molecule has 2 aromatic heterocycles. The number of carbonyl (C=O) groups excluding carboxylic acids is 1. The largest absolute Gasteiger partial charge is 0.440 e. The summed E-state index contributed by atoms with van der Waals surface area (Å²) in [5, 5.41) is 0. The highest BCUT2D eigenvalue weighted by atomic mass is 32.1. The van der Waals surface area contributed by atoms with Gasteiger partial charge in [0.2, 0.25) is 5.89 Å². The molecule has 0 fully saturated rings. The van der Waals surface area contributed by atoms with Crippen molar-refractivity contribution in [3.05, 3.63) is 51.5 Å². The minimum atomic E-state index is 0.107. The molecule has 0 saturated carbocycles.